The molecule has 0 aliphatic heterocycles. The van der Waals surface area contributed by atoms with Gasteiger partial charge in [-0.2, -0.15) is 0 Å². The maximum Gasteiger partial charge on any atom is 0.114 e. The molecule has 88 valence electrons. The Kier molecular flexibility index (Phi) is 5.54. The highest BCUT2D eigenvalue weighted by atomic mass is 16.4. The number of carboxylic acid groups (broad SMARTS) is 1. The SMILES string of the molecule is CCC=CC(C(=O)[O-])C(O)C[N+](C)(C)C. The van der Waals surface area contributed by atoms with Gasteiger partial charge in [0, 0.05) is 5.92 Å². The van der Waals surface area contributed by atoms with Crippen LogP contribution in [-0.2, 0) is 4.79 Å². The van der Waals surface area contributed by atoms with Crippen LogP contribution in [0.2, 0.25) is 0 Å². The molecule has 0 amide bonds. The standard InChI is InChI=1S/C11H21NO3/c1-5-6-7-9(11(14)15)10(13)8-12(2,3)4/h6-7,9-10,13H,5,8H2,1-4H3. The average Bonchev–Trinajstić information content (AvgIpc) is 2.00. The fraction of sp³-hybridized carbons (Fsp3) is 0.727. The van der Waals surface area contributed by atoms with Gasteiger partial charge < -0.3 is 19.5 Å². The van der Waals surface area contributed by atoms with E-state index >= 15 is 0 Å². The molecule has 0 radical (unpaired) electrons. The summed E-state index contributed by atoms with van der Waals surface area (Å²) in [5.74, 6) is -2.14. The second kappa shape index (κ2) is 5.88. The Morgan fingerprint density at radius 2 is 2.00 bits per heavy atom. The Hall–Kier alpha value is -0.870. The Morgan fingerprint density at radius 3 is 2.33 bits per heavy atom. The zero-order valence-electron chi connectivity index (χ0n) is 9.93. The second-order valence-corrected chi connectivity index (χ2v) is 4.72. The molecule has 0 spiro atoms. The lowest BCUT2D eigenvalue weighted by atomic mass is 10.0. The molecule has 0 saturated heterocycles. The van der Waals surface area contributed by atoms with Crippen LogP contribution in [0.5, 0.6) is 0 Å². The number of hydrogen-bond donors (Lipinski definition) is 1. The predicted molar refractivity (Wildman–Crippen MR) is 56.8 cm³/mol. The van der Waals surface area contributed by atoms with Gasteiger partial charge in [0.15, 0.2) is 0 Å². The van der Waals surface area contributed by atoms with E-state index in [1.807, 2.05) is 28.1 Å². The predicted octanol–water partition coefficient (Wildman–Crippen LogP) is -0.614. The molecular formula is C11H21NO3. The van der Waals surface area contributed by atoms with Crippen molar-refractivity contribution >= 4 is 5.97 Å². The van der Waals surface area contributed by atoms with Crippen LogP contribution >= 0.6 is 0 Å². The van der Waals surface area contributed by atoms with Crippen LogP contribution in [0.4, 0.5) is 0 Å². The van der Waals surface area contributed by atoms with Crippen molar-refractivity contribution in [3.05, 3.63) is 12.2 Å². The van der Waals surface area contributed by atoms with Gasteiger partial charge in [-0.05, 0) is 6.42 Å². The first-order valence-corrected chi connectivity index (χ1v) is 5.14. The Labute approximate surface area is 91.4 Å². The number of aliphatic hydroxyl groups is 1. The molecule has 0 heterocycles. The molecule has 0 bridgehead atoms. The average molecular weight is 215 g/mol. The normalized spacial score (nSPS) is 16.6. The van der Waals surface area contributed by atoms with Gasteiger partial charge in [0.1, 0.15) is 12.6 Å². The van der Waals surface area contributed by atoms with Gasteiger partial charge in [0.25, 0.3) is 0 Å². The van der Waals surface area contributed by atoms with Crippen molar-refractivity contribution in [2.75, 3.05) is 27.7 Å². The lowest BCUT2D eigenvalue weighted by Crippen LogP contribution is -2.47. The van der Waals surface area contributed by atoms with Crippen LogP contribution in [0.15, 0.2) is 12.2 Å². The number of carboxylic acids is 1. The minimum absolute atomic E-state index is 0.382. The van der Waals surface area contributed by atoms with Crippen LogP contribution in [0, 0.1) is 5.92 Å². The summed E-state index contributed by atoms with van der Waals surface area (Å²) in [6.45, 7) is 2.29. The number of nitrogens with zero attached hydrogens (tertiary/aromatic N) is 1. The topological polar surface area (TPSA) is 60.4 Å². The smallest absolute Gasteiger partial charge is 0.114 e. The molecule has 4 heteroatoms. The fourth-order valence-electron chi connectivity index (χ4n) is 1.32. The van der Waals surface area contributed by atoms with E-state index in [2.05, 4.69) is 0 Å². The zero-order chi connectivity index (χ0) is 12.1. The maximum atomic E-state index is 10.8. The largest absolute Gasteiger partial charge is 0.549 e. The summed E-state index contributed by atoms with van der Waals surface area (Å²) >= 11 is 0. The van der Waals surface area contributed by atoms with E-state index in [4.69, 9.17) is 0 Å². The van der Waals surface area contributed by atoms with Crippen molar-refractivity contribution in [1.29, 1.82) is 0 Å². The van der Waals surface area contributed by atoms with E-state index in [0.717, 1.165) is 6.42 Å². The van der Waals surface area contributed by atoms with Crippen molar-refractivity contribution in [1.82, 2.24) is 0 Å². The fourth-order valence-corrected chi connectivity index (χ4v) is 1.32. The minimum Gasteiger partial charge on any atom is -0.549 e. The lowest BCUT2D eigenvalue weighted by molar-refractivity contribution is -0.873. The number of aliphatic carboxylic acids is 1. The number of quaternary nitrogens is 1. The van der Waals surface area contributed by atoms with E-state index < -0.39 is 18.0 Å². The van der Waals surface area contributed by atoms with Crippen LogP contribution < -0.4 is 5.11 Å². The highest BCUT2D eigenvalue weighted by Crippen LogP contribution is 2.09. The summed E-state index contributed by atoms with van der Waals surface area (Å²) in [6, 6.07) is 0. The quantitative estimate of drug-likeness (QED) is 0.475. The van der Waals surface area contributed by atoms with Gasteiger partial charge in [0.05, 0.1) is 27.1 Å². The van der Waals surface area contributed by atoms with Gasteiger partial charge in [-0.1, -0.05) is 19.1 Å². The third-order valence-corrected chi connectivity index (χ3v) is 2.00. The third-order valence-electron chi connectivity index (χ3n) is 2.00. The summed E-state index contributed by atoms with van der Waals surface area (Å²) in [4.78, 5) is 10.8. The molecule has 0 aromatic carbocycles. The Bertz CT molecular complexity index is 230. The van der Waals surface area contributed by atoms with Gasteiger partial charge in [-0.25, -0.2) is 0 Å². The number of likely N-dealkylation sites (N-methyl/N-ethyl adjacent to an activating group) is 1. The molecule has 0 aromatic rings. The summed E-state index contributed by atoms with van der Waals surface area (Å²) < 4.78 is 0.519. The molecule has 0 aliphatic carbocycles. The van der Waals surface area contributed by atoms with Gasteiger partial charge in [-0.15, -0.1) is 0 Å². The molecule has 0 aromatic heterocycles. The van der Waals surface area contributed by atoms with Crippen LogP contribution in [0.25, 0.3) is 0 Å². The molecule has 0 saturated carbocycles. The first kappa shape index (κ1) is 14.1. The molecule has 1 N–H and O–H groups in total. The Morgan fingerprint density at radius 1 is 1.47 bits per heavy atom. The molecule has 4 nitrogen and oxygen atoms in total. The monoisotopic (exact) mass is 215 g/mol. The number of aliphatic hydroxyl groups excluding tert-OH is 1. The molecule has 0 rings (SSSR count). The number of allylic oxidation sites excluding steroid dienone is 1. The van der Waals surface area contributed by atoms with Crippen LogP contribution in [0.1, 0.15) is 13.3 Å². The number of hydrogen-bond acceptors (Lipinski definition) is 3. The van der Waals surface area contributed by atoms with Crippen molar-refractivity contribution in [2.45, 2.75) is 19.4 Å². The van der Waals surface area contributed by atoms with E-state index in [9.17, 15) is 15.0 Å². The number of carbonyl (C=O) groups is 1. The van der Waals surface area contributed by atoms with E-state index in [1.54, 1.807) is 6.08 Å². The number of rotatable bonds is 6. The van der Waals surface area contributed by atoms with Crippen LogP contribution in [0.3, 0.4) is 0 Å². The van der Waals surface area contributed by atoms with E-state index in [1.165, 1.54) is 6.08 Å². The summed E-state index contributed by atoms with van der Waals surface area (Å²) in [5.41, 5.74) is 0. The van der Waals surface area contributed by atoms with Crippen LogP contribution in [-0.4, -0.2) is 49.4 Å². The lowest BCUT2D eigenvalue weighted by Gasteiger charge is -2.30. The highest BCUT2D eigenvalue weighted by Gasteiger charge is 2.23. The van der Waals surface area contributed by atoms with Crippen molar-refractivity contribution in [2.24, 2.45) is 5.92 Å². The van der Waals surface area contributed by atoms with E-state index in [-0.39, 0.29) is 0 Å². The molecule has 2 unspecified atom stereocenters. The van der Waals surface area contributed by atoms with Gasteiger partial charge in [-0.3, -0.25) is 0 Å². The highest BCUT2D eigenvalue weighted by molar-refractivity contribution is 5.70. The van der Waals surface area contributed by atoms with Gasteiger partial charge >= 0.3 is 0 Å². The molecule has 2 atom stereocenters. The summed E-state index contributed by atoms with van der Waals surface area (Å²) in [6.07, 6.45) is 3.09. The van der Waals surface area contributed by atoms with Gasteiger partial charge in [0.2, 0.25) is 0 Å². The first-order chi connectivity index (χ1) is 6.78. The molecule has 0 aliphatic rings. The Balaban J connectivity index is 4.49. The first-order valence-electron chi connectivity index (χ1n) is 5.14. The molecule has 0 fully saturated rings. The molecule has 15 heavy (non-hydrogen) atoms. The summed E-state index contributed by atoms with van der Waals surface area (Å²) in [7, 11) is 5.71. The van der Waals surface area contributed by atoms with E-state index in [0.29, 0.717) is 11.0 Å². The minimum atomic E-state index is -1.22. The third kappa shape index (κ3) is 6.25. The number of carbonyl (C=O) groups excluding carboxylic acids is 1. The van der Waals surface area contributed by atoms with Crippen molar-refractivity contribution in [3.8, 4) is 0 Å². The maximum absolute atomic E-state index is 10.8. The molecular weight excluding hydrogens is 194 g/mol. The van der Waals surface area contributed by atoms with Crippen molar-refractivity contribution in [3.63, 3.8) is 0 Å². The summed E-state index contributed by atoms with van der Waals surface area (Å²) in [5, 5.41) is 20.6. The second-order valence-electron chi connectivity index (χ2n) is 4.72. The van der Waals surface area contributed by atoms with Crippen molar-refractivity contribution < 1.29 is 19.5 Å². The zero-order valence-corrected chi connectivity index (χ0v) is 9.93.